The third-order valence-corrected chi connectivity index (χ3v) is 5.26. The zero-order valence-corrected chi connectivity index (χ0v) is 12.4. The van der Waals surface area contributed by atoms with Crippen molar-refractivity contribution in [1.82, 2.24) is 4.31 Å². The van der Waals surface area contributed by atoms with Gasteiger partial charge < -0.3 is 5.11 Å². The molecule has 1 atom stereocenters. The highest BCUT2D eigenvalue weighted by molar-refractivity contribution is 7.89. The summed E-state index contributed by atoms with van der Waals surface area (Å²) in [5, 5.41) is 8.89. The number of carboxylic acids is 1. The first kappa shape index (κ1) is 16.6. The Hall–Kier alpha value is -1.47. The predicted octanol–water partition coefficient (Wildman–Crippen LogP) is 2.33. The van der Waals surface area contributed by atoms with Crippen molar-refractivity contribution in [2.45, 2.75) is 38.1 Å². The number of carbonyl (C=O) groups is 1. The third-order valence-electron chi connectivity index (χ3n) is 3.16. The molecule has 7 heteroatoms. The highest BCUT2D eigenvalue weighted by Gasteiger charge is 2.30. The fourth-order valence-corrected chi connectivity index (χ4v) is 3.69. The molecule has 20 heavy (non-hydrogen) atoms. The van der Waals surface area contributed by atoms with Gasteiger partial charge in [0.1, 0.15) is 10.7 Å². The maximum Gasteiger partial charge on any atom is 0.335 e. The van der Waals surface area contributed by atoms with Crippen LogP contribution in [0, 0.1) is 5.82 Å². The molecule has 0 amide bonds. The minimum Gasteiger partial charge on any atom is -0.478 e. The van der Waals surface area contributed by atoms with Gasteiger partial charge in [0.2, 0.25) is 10.0 Å². The first-order chi connectivity index (χ1) is 9.25. The maximum atomic E-state index is 13.8. The molecule has 0 saturated heterocycles. The van der Waals surface area contributed by atoms with Gasteiger partial charge in [-0.1, -0.05) is 13.8 Å². The van der Waals surface area contributed by atoms with E-state index in [1.165, 1.54) is 0 Å². The molecule has 0 spiro atoms. The largest absolute Gasteiger partial charge is 0.478 e. The molecule has 112 valence electrons. The van der Waals surface area contributed by atoms with E-state index >= 15 is 0 Å². The molecule has 1 rings (SSSR count). The van der Waals surface area contributed by atoms with Crippen molar-refractivity contribution in [2.24, 2.45) is 0 Å². The fourth-order valence-electron chi connectivity index (χ4n) is 1.88. The molecule has 0 bridgehead atoms. The van der Waals surface area contributed by atoms with Crippen molar-refractivity contribution < 1.29 is 22.7 Å². The van der Waals surface area contributed by atoms with Crippen LogP contribution < -0.4 is 0 Å². The molecule has 1 aromatic carbocycles. The normalized spacial score (nSPS) is 13.4. The average Bonchev–Trinajstić information content (AvgIpc) is 2.38. The van der Waals surface area contributed by atoms with Crippen LogP contribution in [0.1, 0.15) is 37.6 Å². The maximum absolute atomic E-state index is 13.8. The summed E-state index contributed by atoms with van der Waals surface area (Å²) in [4.78, 5) is 10.3. The van der Waals surface area contributed by atoms with E-state index < -0.39 is 26.7 Å². The summed E-state index contributed by atoms with van der Waals surface area (Å²) in [6, 6.07) is 2.47. The van der Waals surface area contributed by atoms with Crippen molar-refractivity contribution in [3.8, 4) is 0 Å². The number of benzene rings is 1. The number of rotatable bonds is 6. The first-order valence-electron chi connectivity index (χ1n) is 6.30. The van der Waals surface area contributed by atoms with E-state index in [-0.39, 0.29) is 18.2 Å². The molecule has 1 unspecified atom stereocenters. The van der Waals surface area contributed by atoms with Crippen molar-refractivity contribution in [1.29, 1.82) is 0 Å². The zero-order valence-electron chi connectivity index (χ0n) is 11.6. The van der Waals surface area contributed by atoms with Crippen molar-refractivity contribution >= 4 is 16.0 Å². The van der Waals surface area contributed by atoms with Gasteiger partial charge in [-0.05, 0) is 31.5 Å². The Balaban J connectivity index is 3.40. The molecule has 0 aromatic heterocycles. The number of nitrogens with zero attached hydrogens (tertiary/aromatic N) is 1. The fraction of sp³-hybridized carbons (Fsp3) is 0.462. The van der Waals surface area contributed by atoms with E-state index in [2.05, 4.69) is 0 Å². The zero-order chi connectivity index (χ0) is 15.5. The van der Waals surface area contributed by atoms with Gasteiger partial charge in [0.25, 0.3) is 0 Å². The van der Waals surface area contributed by atoms with Crippen LogP contribution in [-0.2, 0) is 10.0 Å². The molecule has 5 nitrogen and oxygen atoms in total. The number of halogens is 1. The summed E-state index contributed by atoms with van der Waals surface area (Å²) in [5.74, 6) is -2.25. The van der Waals surface area contributed by atoms with Gasteiger partial charge in [0.15, 0.2) is 0 Å². The van der Waals surface area contributed by atoms with Crippen LogP contribution in [0.15, 0.2) is 23.1 Å². The lowest BCUT2D eigenvalue weighted by atomic mass is 10.2. The Bertz CT molecular complexity index is 600. The lowest BCUT2D eigenvalue weighted by Crippen LogP contribution is -2.38. The van der Waals surface area contributed by atoms with Crippen LogP contribution in [0.3, 0.4) is 0 Å². The monoisotopic (exact) mass is 303 g/mol. The molecule has 0 heterocycles. The summed E-state index contributed by atoms with van der Waals surface area (Å²) in [7, 11) is -4.05. The third kappa shape index (κ3) is 3.16. The molecule has 1 N–H and O–H groups in total. The second kappa shape index (κ2) is 6.32. The molecule has 1 aromatic rings. The smallest absolute Gasteiger partial charge is 0.335 e. The summed E-state index contributed by atoms with van der Waals surface area (Å²) < 4.78 is 39.9. The second-order valence-corrected chi connectivity index (χ2v) is 6.27. The Kier molecular flexibility index (Phi) is 5.24. The van der Waals surface area contributed by atoms with E-state index in [0.717, 1.165) is 22.5 Å². The molecule has 0 aliphatic rings. The van der Waals surface area contributed by atoms with Gasteiger partial charge in [-0.25, -0.2) is 17.6 Å². The van der Waals surface area contributed by atoms with Crippen LogP contribution in [-0.4, -0.2) is 36.4 Å². The molecular formula is C13H18FNO4S. The predicted molar refractivity (Wildman–Crippen MR) is 72.7 cm³/mol. The van der Waals surface area contributed by atoms with Gasteiger partial charge in [-0.15, -0.1) is 0 Å². The Morgan fingerprint density at radius 3 is 2.45 bits per heavy atom. The van der Waals surface area contributed by atoms with Gasteiger partial charge >= 0.3 is 5.97 Å². The quantitative estimate of drug-likeness (QED) is 0.875. The lowest BCUT2D eigenvalue weighted by molar-refractivity contribution is 0.0696. The molecule has 0 radical (unpaired) electrons. The number of sulfonamides is 1. The van der Waals surface area contributed by atoms with E-state index in [4.69, 9.17) is 5.11 Å². The van der Waals surface area contributed by atoms with Gasteiger partial charge in [-0.3, -0.25) is 0 Å². The van der Waals surface area contributed by atoms with E-state index in [1.54, 1.807) is 13.8 Å². The number of hydrogen-bond donors (Lipinski definition) is 1. The number of aromatic carboxylic acids is 1. The summed E-state index contributed by atoms with van der Waals surface area (Å²) in [6.45, 7) is 5.39. The van der Waals surface area contributed by atoms with Crippen molar-refractivity contribution in [3.63, 3.8) is 0 Å². The minimum atomic E-state index is -4.05. The number of hydrogen-bond acceptors (Lipinski definition) is 3. The van der Waals surface area contributed by atoms with Crippen LogP contribution in [0.4, 0.5) is 4.39 Å². The van der Waals surface area contributed by atoms with Crippen molar-refractivity contribution in [3.05, 3.63) is 29.6 Å². The van der Waals surface area contributed by atoms with Crippen molar-refractivity contribution in [2.75, 3.05) is 6.54 Å². The molecule has 0 fully saturated rings. The summed E-state index contributed by atoms with van der Waals surface area (Å²) >= 11 is 0. The summed E-state index contributed by atoms with van der Waals surface area (Å²) in [5.41, 5.74) is -0.259. The van der Waals surface area contributed by atoms with E-state index in [9.17, 15) is 17.6 Å². The highest BCUT2D eigenvalue weighted by atomic mass is 32.2. The number of carboxylic acid groups (broad SMARTS) is 1. The molecular weight excluding hydrogens is 285 g/mol. The van der Waals surface area contributed by atoms with Gasteiger partial charge in [0, 0.05) is 12.6 Å². The molecule has 0 aliphatic carbocycles. The van der Waals surface area contributed by atoms with Crippen LogP contribution in [0.25, 0.3) is 0 Å². The van der Waals surface area contributed by atoms with E-state index in [0.29, 0.717) is 6.42 Å². The molecule has 0 aliphatic heterocycles. The average molecular weight is 303 g/mol. The van der Waals surface area contributed by atoms with Gasteiger partial charge in [0.05, 0.1) is 5.56 Å². The lowest BCUT2D eigenvalue weighted by Gasteiger charge is -2.26. The Morgan fingerprint density at radius 1 is 1.40 bits per heavy atom. The minimum absolute atomic E-state index is 0.189. The SMILES string of the molecule is CCC(C)N(CC)S(=O)(=O)c1cc(C(=O)O)ccc1F. The Morgan fingerprint density at radius 2 is 2.00 bits per heavy atom. The Labute approximate surface area is 118 Å². The second-order valence-electron chi connectivity index (χ2n) is 4.42. The van der Waals surface area contributed by atoms with Gasteiger partial charge in [-0.2, -0.15) is 4.31 Å². The van der Waals surface area contributed by atoms with Crippen LogP contribution in [0.5, 0.6) is 0 Å². The molecule has 0 saturated carbocycles. The topological polar surface area (TPSA) is 74.7 Å². The summed E-state index contributed by atoms with van der Waals surface area (Å²) in [6.07, 6.45) is 0.577. The van der Waals surface area contributed by atoms with Crippen LogP contribution >= 0.6 is 0 Å². The standard InChI is InChI=1S/C13H18FNO4S/c1-4-9(3)15(5-2)20(18,19)12-8-10(13(16)17)6-7-11(12)14/h6-9H,4-5H2,1-3H3,(H,16,17). The van der Waals surface area contributed by atoms with Crippen LogP contribution in [0.2, 0.25) is 0 Å². The highest BCUT2D eigenvalue weighted by Crippen LogP contribution is 2.23. The van der Waals surface area contributed by atoms with E-state index in [1.807, 2.05) is 6.92 Å². The first-order valence-corrected chi connectivity index (χ1v) is 7.74.